The van der Waals surface area contributed by atoms with Crippen LogP contribution in [-0.2, 0) is 20.6 Å². The van der Waals surface area contributed by atoms with Crippen LogP contribution >= 0.6 is 0 Å². The number of aryl methyl sites for hydroxylation is 2. The predicted molar refractivity (Wildman–Crippen MR) is 135 cm³/mol. The van der Waals surface area contributed by atoms with E-state index in [0.717, 1.165) is 44.5 Å². The maximum Gasteiger partial charge on any atom is 0.0966 e. The van der Waals surface area contributed by atoms with E-state index in [1.165, 1.54) is 10.9 Å². The van der Waals surface area contributed by atoms with Crippen molar-refractivity contribution in [2.75, 3.05) is 5.32 Å². The minimum Gasteiger partial charge on any atom is -0.381 e. The summed E-state index contributed by atoms with van der Waals surface area (Å²) in [4.78, 5) is 13.6. The number of anilines is 1. The molecule has 0 aliphatic carbocycles. The Bertz CT molecular complexity index is 1640. The summed E-state index contributed by atoms with van der Waals surface area (Å²) in [7, 11) is 3.98. The fraction of sp³-hybridized carbons (Fsp3) is 0.111. The van der Waals surface area contributed by atoms with Gasteiger partial charge in [0.1, 0.15) is 0 Å². The third-order valence-corrected chi connectivity index (χ3v) is 6.10. The quantitative estimate of drug-likeness (QED) is 0.395. The Balaban J connectivity index is 1.35. The van der Waals surface area contributed by atoms with Gasteiger partial charge in [-0.05, 0) is 46.8 Å². The van der Waals surface area contributed by atoms with Crippen molar-refractivity contribution in [1.82, 2.24) is 29.3 Å². The van der Waals surface area contributed by atoms with Gasteiger partial charge in [0.05, 0.1) is 17.2 Å². The summed E-state index contributed by atoms with van der Waals surface area (Å²) in [6, 6.07) is 15.0. The molecule has 4 heterocycles. The molecule has 6 aromatic rings. The second-order valence-electron chi connectivity index (χ2n) is 8.49. The first kappa shape index (κ1) is 20.1. The fourth-order valence-corrected chi connectivity index (χ4v) is 4.34. The van der Waals surface area contributed by atoms with Gasteiger partial charge in [0.2, 0.25) is 0 Å². The molecule has 7 heteroatoms. The SMILES string of the molecule is Cn1cc(-c2cncc(CNc3cc(-c4ccc5ccn(C)c5c4)c4nccnc4c3)c2)cn1. The van der Waals surface area contributed by atoms with Crippen LogP contribution in [0.2, 0.25) is 0 Å². The van der Waals surface area contributed by atoms with Crippen LogP contribution in [0.1, 0.15) is 5.56 Å². The molecule has 0 unspecified atom stereocenters. The topological polar surface area (TPSA) is 73.5 Å². The normalized spacial score (nSPS) is 11.4. The maximum atomic E-state index is 4.64. The molecular weight excluding hydrogens is 422 g/mol. The lowest BCUT2D eigenvalue weighted by atomic mass is 10.0. The lowest BCUT2D eigenvalue weighted by molar-refractivity contribution is 0.768. The zero-order valence-electron chi connectivity index (χ0n) is 19.0. The van der Waals surface area contributed by atoms with Crippen LogP contribution in [0.4, 0.5) is 5.69 Å². The number of nitrogens with one attached hydrogen (secondary N) is 1. The van der Waals surface area contributed by atoms with Crippen molar-refractivity contribution in [3.8, 4) is 22.3 Å². The number of nitrogens with zero attached hydrogens (tertiary/aromatic N) is 6. The number of aromatic nitrogens is 6. The Kier molecular flexibility index (Phi) is 4.80. The summed E-state index contributed by atoms with van der Waals surface area (Å²) in [5.74, 6) is 0. The summed E-state index contributed by atoms with van der Waals surface area (Å²) in [5, 5.41) is 9.04. The van der Waals surface area contributed by atoms with Crippen molar-refractivity contribution < 1.29 is 0 Å². The summed E-state index contributed by atoms with van der Waals surface area (Å²) >= 11 is 0. The minimum atomic E-state index is 0.642. The molecule has 0 aliphatic heterocycles. The van der Waals surface area contributed by atoms with E-state index < -0.39 is 0 Å². The first-order valence-electron chi connectivity index (χ1n) is 11.1. The minimum absolute atomic E-state index is 0.642. The van der Waals surface area contributed by atoms with E-state index in [2.05, 4.69) is 79.6 Å². The van der Waals surface area contributed by atoms with Crippen LogP contribution in [0.3, 0.4) is 0 Å². The Morgan fingerprint density at radius 1 is 0.853 bits per heavy atom. The molecular formula is C27H23N7. The van der Waals surface area contributed by atoms with Crippen LogP contribution in [0.15, 0.2) is 85.8 Å². The van der Waals surface area contributed by atoms with Gasteiger partial charge >= 0.3 is 0 Å². The van der Waals surface area contributed by atoms with E-state index in [0.29, 0.717) is 6.54 Å². The molecule has 7 nitrogen and oxygen atoms in total. The van der Waals surface area contributed by atoms with Crippen molar-refractivity contribution >= 4 is 27.6 Å². The zero-order chi connectivity index (χ0) is 23.1. The van der Waals surface area contributed by atoms with Crippen LogP contribution in [0.5, 0.6) is 0 Å². The summed E-state index contributed by atoms with van der Waals surface area (Å²) < 4.78 is 3.93. The van der Waals surface area contributed by atoms with E-state index in [1.807, 2.05) is 37.9 Å². The van der Waals surface area contributed by atoms with Crippen LogP contribution in [0, 0.1) is 0 Å². The number of rotatable bonds is 5. The molecule has 34 heavy (non-hydrogen) atoms. The molecule has 0 bridgehead atoms. The Morgan fingerprint density at radius 3 is 2.65 bits per heavy atom. The standard InChI is InChI=1S/C27H23N7/c1-33-8-5-19-3-4-20(10-26(19)33)24-11-23(12-25-27(24)30-7-6-29-25)31-14-18-9-21(15-28-13-18)22-16-32-34(2)17-22/h3-13,15-17,31H,14H2,1-2H3. The highest BCUT2D eigenvalue weighted by molar-refractivity contribution is 5.97. The van der Waals surface area contributed by atoms with Gasteiger partial charge in [0.15, 0.2) is 0 Å². The average molecular weight is 446 g/mol. The van der Waals surface area contributed by atoms with Gasteiger partial charge in [-0.3, -0.25) is 19.6 Å². The van der Waals surface area contributed by atoms with Crippen molar-refractivity contribution in [1.29, 1.82) is 0 Å². The summed E-state index contributed by atoms with van der Waals surface area (Å²) in [5.41, 5.74) is 9.28. The van der Waals surface area contributed by atoms with Gasteiger partial charge in [0.25, 0.3) is 0 Å². The van der Waals surface area contributed by atoms with Gasteiger partial charge in [-0.15, -0.1) is 0 Å². The zero-order valence-corrected chi connectivity index (χ0v) is 19.0. The van der Waals surface area contributed by atoms with Crippen molar-refractivity contribution in [3.05, 3.63) is 91.4 Å². The van der Waals surface area contributed by atoms with E-state index in [4.69, 9.17) is 0 Å². The van der Waals surface area contributed by atoms with E-state index in [-0.39, 0.29) is 0 Å². The maximum absolute atomic E-state index is 4.64. The molecule has 0 saturated carbocycles. The van der Waals surface area contributed by atoms with Gasteiger partial charge in [-0.1, -0.05) is 12.1 Å². The van der Waals surface area contributed by atoms with Crippen LogP contribution < -0.4 is 5.32 Å². The molecule has 0 spiro atoms. The number of pyridine rings is 1. The van der Waals surface area contributed by atoms with Gasteiger partial charge < -0.3 is 9.88 Å². The van der Waals surface area contributed by atoms with Gasteiger partial charge in [0, 0.05) is 85.7 Å². The van der Waals surface area contributed by atoms with Gasteiger partial charge in [-0.2, -0.15) is 5.10 Å². The molecule has 6 rings (SSSR count). The number of hydrogen-bond acceptors (Lipinski definition) is 5. The second-order valence-corrected chi connectivity index (χ2v) is 8.49. The largest absolute Gasteiger partial charge is 0.381 e. The number of hydrogen-bond donors (Lipinski definition) is 1. The highest BCUT2D eigenvalue weighted by Gasteiger charge is 2.11. The Labute approximate surface area is 196 Å². The summed E-state index contributed by atoms with van der Waals surface area (Å²) in [6.45, 7) is 0.642. The summed E-state index contributed by atoms with van der Waals surface area (Å²) in [6.07, 6.45) is 13.2. The average Bonchev–Trinajstić information content (AvgIpc) is 3.47. The van der Waals surface area contributed by atoms with E-state index in [9.17, 15) is 0 Å². The fourth-order valence-electron chi connectivity index (χ4n) is 4.34. The Hall–Kier alpha value is -4.52. The van der Waals surface area contributed by atoms with E-state index >= 15 is 0 Å². The second kappa shape index (κ2) is 8.12. The van der Waals surface area contributed by atoms with Crippen LogP contribution in [0.25, 0.3) is 44.2 Å². The third kappa shape index (κ3) is 3.67. The first-order valence-corrected chi connectivity index (χ1v) is 11.1. The lowest BCUT2D eigenvalue weighted by Gasteiger charge is -2.12. The highest BCUT2D eigenvalue weighted by Crippen LogP contribution is 2.32. The predicted octanol–water partition coefficient (Wildman–Crippen LogP) is 5.20. The Morgan fingerprint density at radius 2 is 1.76 bits per heavy atom. The highest BCUT2D eigenvalue weighted by atomic mass is 15.2. The lowest BCUT2D eigenvalue weighted by Crippen LogP contribution is -2.01. The molecule has 2 aromatic carbocycles. The third-order valence-electron chi connectivity index (χ3n) is 6.10. The molecule has 0 fully saturated rings. The van der Waals surface area contributed by atoms with Crippen molar-refractivity contribution in [3.63, 3.8) is 0 Å². The van der Waals surface area contributed by atoms with Crippen molar-refractivity contribution in [2.24, 2.45) is 14.1 Å². The molecule has 0 saturated heterocycles. The smallest absolute Gasteiger partial charge is 0.0966 e. The molecule has 0 radical (unpaired) electrons. The molecule has 166 valence electrons. The molecule has 0 amide bonds. The molecule has 4 aromatic heterocycles. The number of benzene rings is 2. The first-order chi connectivity index (χ1) is 16.6. The van der Waals surface area contributed by atoms with Gasteiger partial charge in [-0.25, -0.2) is 0 Å². The van der Waals surface area contributed by atoms with Crippen molar-refractivity contribution in [2.45, 2.75) is 6.54 Å². The molecule has 0 atom stereocenters. The molecule has 1 N–H and O–H groups in total. The number of fused-ring (bicyclic) bond motifs is 2. The van der Waals surface area contributed by atoms with E-state index in [1.54, 1.807) is 17.1 Å². The monoisotopic (exact) mass is 445 g/mol. The van der Waals surface area contributed by atoms with Crippen LogP contribution in [-0.4, -0.2) is 29.3 Å². The molecule has 0 aliphatic rings.